The predicted molar refractivity (Wildman–Crippen MR) is 82.9 cm³/mol. The van der Waals surface area contributed by atoms with E-state index in [1.165, 1.54) is 0 Å². The average Bonchev–Trinajstić information content (AvgIpc) is 3.25. The fourth-order valence-electron chi connectivity index (χ4n) is 2.96. The summed E-state index contributed by atoms with van der Waals surface area (Å²) in [6.07, 6.45) is 6.41. The van der Waals surface area contributed by atoms with Gasteiger partial charge in [-0.2, -0.15) is 5.10 Å². The summed E-state index contributed by atoms with van der Waals surface area (Å²) in [6, 6.07) is 3.66. The summed E-state index contributed by atoms with van der Waals surface area (Å²) in [7, 11) is 0. The van der Waals surface area contributed by atoms with Gasteiger partial charge in [-0.1, -0.05) is 12.1 Å². The normalized spacial score (nSPS) is 17.1. The molecule has 7 nitrogen and oxygen atoms in total. The van der Waals surface area contributed by atoms with Crippen LogP contribution in [0.25, 0.3) is 0 Å². The fraction of sp³-hybridized carbons (Fsp3) is 0.562. The number of nitrogens with one attached hydrogen (secondary N) is 1. The van der Waals surface area contributed by atoms with Crippen molar-refractivity contribution in [2.45, 2.75) is 38.8 Å². The van der Waals surface area contributed by atoms with Gasteiger partial charge in [0.05, 0.1) is 0 Å². The minimum absolute atomic E-state index is 0.151. The van der Waals surface area contributed by atoms with E-state index in [0.29, 0.717) is 23.9 Å². The number of carbonyl (C=O) groups is 1. The Balaban J connectivity index is 1.59. The predicted octanol–water partition coefficient (Wildman–Crippen LogP) is 1.85. The summed E-state index contributed by atoms with van der Waals surface area (Å²) in [5, 5.41) is 11.1. The molecule has 1 amide bonds. The van der Waals surface area contributed by atoms with E-state index in [0.717, 1.165) is 32.5 Å². The molecule has 3 heterocycles. The molecule has 1 fully saturated rings. The number of rotatable bonds is 6. The van der Waals surface area contributed by atoms with Crippen molar-refractivity contribution >= 4 is 5.91 Å². The summed E-state index contributed by atoms with van der Waals surface area (Å²) in [5.74, 6) is 0.893. The molecular weight excluding hydrogens is 296 g/mol. The largest absolute Gasteiger partial charge is 0.381 e. The van der Waals surface area contributed by atoms with Crippen LogP contribution in [0.2, 0.25) is 0 Å². The quantitative estimate of drug-likeness (QED) is 0.879. The number of amides is 1. The molecule has 0 bridgehead atoms. The van der Waals surface area contributed by atoms with E-state index in [4.69, 9.17) is 9.26 Å². The van der Waals surface area contributed by atoms with Crippen LogP contribution in [0.4, 0.5) is 0 Å². The minimum Gasteiger partial charge on any atom is -0.381 e. The van der Waals surface area contributed by atoms with Crippen LogP contribution < -0.4 is 5.32 Å². The van der Waals surface area contributed by atoms with Gasteiger partial charge in [-0.15, -0.1) is 0 Å². The first-order chi connectivity index (χ1) is 11.3. The zero-order chi connectivity index (χ0) is 16.1. The van der Waals surface area contributed by atoms with Crippen LogP contribution in [0.1, 0.15) is 42.4 Å². The summed E-state index contributed by atoms with van der Waals surface area (Å²) < 4.78 is 12.3. The SMILES string of the molecule is CCC(NC(=O)c1cc(Cn2cccn2)on1)C1CCOCC1. The van der Waals surface area contributed by atoms with Crippen molar-refractivity contribution in [2.24, 2.45) is 5.92 Å². The van der Waals surface area contributed by atoms with Gasteiger partial charge in [-0.25, -0.2) is 0 Å². The van der Waals surface area contributed by atoms with E-state index in [2.05, 4.69) is 22.5 Å². The Morgan fingerprint density at radius 2 is 2.30 bits per heavy atom. The number of nitrogens with zero attached hydrogens (tertiary/aromatic N) is 3. The van der Waals surface area contributed by atoms with Gasteiger partial charge in [0.1, 0.15) is 6.54 Å². The molecule has 2 aromatic rings. The molecular formula is C16H22N4O3. The van der Waals surface area contributed by atoms with Gasteiger partial charge in [0.2, 0.25) is 0 Å². The topological polar surface area (TPSA) is 82.2 Å². The summed E-state index contributed by atoms with van der Waals surface area (Å²) >= 11 is 0. The Bertz CT molecular complexity index is 617. The first-order valence-corrected chi connectivity index (χ1v) is 8.08. The third kappa shape index (κ3) is 3.98. The molecule has 2 aromatic heterocycles. The number of ether oxygens (including phenoxy) is 1. The third-order valence-electron chi connectivity index (χ3n) is 4.26. The molecule has 0 spiro atoms. The lowest BCUT2D eigenvalue weighted by molar-refractivity contribution is 0.0509. The lowest BCUT2D eigenvalue weighted by Gasteiger charge is -2.30. The maximum atomic E-state index is 12.4. The van der Waals surface area contributed by atoms with Crippen molar-refractivity contribution < 1.29 is 14.1 Å². The van der Waals surface area contributed by atoms with E-state index in [-0.39, 0.29) is 11.9 Å². The van der Waals surface area contributed by atoms with Crippen LogP contribution in [0.3, 0.4) is 0 Å². The molecule has 3 rings (SSSR count). The molecule has 0 aromatic carbocycles. The van der Waals surface area contributed by atoms with Crippen molar-refractivity contribution in [1.29, 1.82) is 0 Å². The fourth-order valence-corrected chi connectivity index (χ4v) is 2.96. The lowest BCUT2D eigenvalue weighted by Crippen LogP contribution is -2.42. The van der Waals surface area contributed by atoms with Crippen LogP contribution >= 0.6 is 0 Å². The molecule has 0 aliphatic carbocycles. The summed E-state index contributed by atoms with van der Waals surface area (Å²) in [5.41, 5.74) is 0.317. The molecule has 1 N–H and O–H groups in total. The van der Waals surface area contributed by atoms with E-state index < -0.39 is 0 Å². The van der Waals surface area contributed by atoms with Crippen LogP contribution in [-0.4, -0.2) is 40.1 Å². The van der Waals surface area contributed by atoms with Crippen molar-refractivity contribution in [2.75, 3.05) is 13.2 Å². The highest BCUT2D eigenvalue weighted by atomic mass is 16.5. The molecule has 0 radical (unpaired) electrons. The smallest absolute Gasteiger partial charge is 0.273 e. The van der Waals surface area contributed by atoms with E-state index in [1.54, 1.807) is 16.9 Å². The van der Waals surface area contributed by atoms with Crippen molar-refractivity contribution in [3.63, 3.8) is 0 Å². The maximum Gasteiger partial charge on any atom is 0.273 e. The average molecular weight is 318 g/mol. The second-order valence-electron chi connectivity index (χ2n) is 5.82. The first-order valence-electron chi connectivity index (χ1n) is 8.08. The van der Waals surface area contributed by atoms with Gasteiger partial charge < -0.3 is 14.6 Å². The summed E-state index contributed by atoms with van der Waals surface area (Å²) in [4.78, 5) is 12.4. The van der Waals surface area contributed by atoms with Crippen molar-refractivity contribution in [3.8, 4) is 0 Å². The van der Waals surface area contributed by atoms with Gasteiger partial charge in [0, 0.05) is 37.7 Å². The lowest BCUT2D eigenvalue weighted by atomic mass is 9.90. The van der Waals surface area contributed by atoms with Crippen LogP contribution in [0.5, 0.6) is 0 Å². The van der Waals surface area contributed by atoms with Crippen LogP contribution in [-0.2, 0) is 11.3 Å². The Labute approximate surface area is 135 Å². The van der Waals surface area contributed by atoms with E-state index in [9.17, 15) is 4.79 Å². The molecule has 23 heavy (non-hydrogen) atoms. The Morgan fingerprint density at radius 1 is 1.48 bits per heavy atom. The van der Waals surface area contributed by atoms with Crippen LogP contribution in [0, 0.1) is 5.92 Å². The Kier molecular flexibility index (Phi) is 5.07. The zero-order valence-corrected chi connectivity index (χ0v) is 13.3. The Hall–Kier alpha value is -2.15. The molecule has 1 unspecified atom stereocenters. The van der Waals surface area contributed by atoms with Gasteiger partial charge >= 0.3 is 0 Å². The first kappa shape index (κ1) is 15.7. The highest BCUT2D eigenvalue weighted by Gasteiger charge is 2.25. The molecule has 1 aliphatic heterocycles. The highest BCUT2D eigenvalue weighted by molar-refractivity contribution is 5.92. The van der Waals surface area contributed by atoms with Gasteiger partial charge in [-0.3, -0.25) is 9.48 Å². The third-order valence-corrected chi connectivity index (χ3v) is 4.26. The van der Waals surface area contributed by atoms with Crippen molar-refractivity contribution in [3.05, 3.63) is 36.0 Å². The van der Waals surface area contributed by atoms with E-state index >= 15 is 0 Å². The molecule has 1 atom stereocenters. The number of aromatic nitrogens is 3. The molecule has 1 saturated heterocycles. The van der Waals surface area contributed by atoms with Crippen LogP contribution in [0.15, 0.2) is 29.0 Å². The second kappa shape index (κ2) is 7.41. The molecule has 124 valence electrons. The zero-order valence-electron chi connectivity index (χ0n) is 13.3. The van der Waals surface area contributed by atoms with Gasteiger partial charge in [0.15, 0.2) is 11.5 Å². The molecule has 7 heteroatoms. The number of carbonyl (C=O) groups excluding carboxylic acids is 1. The molecule has 1 aliphatic rings. The number of hydrogen-bond acceptors (Lipinski definition) is 5. The van der Waals surface area contributed by atoms with Crippen molar-refractivity contribution in [1.82, 2.24) is 20.3 Å². The monoisotopic (exact) mass is 318 g/mol. The Morgan fingerprint density at radius 3 is 3.00 bits per heavy atom. The van der Waals surface area contributed by atoms with Gasteiger partial charge in [0.25, 0.3) is 5.91 Å². The minimum atomic E-state index is -0.182. The second-order valence-corrected chi connectivity index (χ2v) is 5.82. The standard InChI is InChI=1S/C16H22N4O3/c1-2-14(12-4-8-22-9-5-12)18-16(21)15-10-13(23-19-15)11-20-7-3-6-17-20/h3,6-7,10,12,14H,2,4-5,8-9,11H2,1H3,(H,18,21). The molecule has 0 saturated carbocycles. The van der Waals surface area contributed by atoms with E-state index in [1.807, 2.05) is 12.3 Å². The highest BCUT2D eigenvalue weighted by Crippen LogP contribution is 2.21. The number of hydrogen-bond donors (Lipinski definition) is 1. The summed E-state index contributed by atoms with van der Waals surface area (Å²) in [6.45, 7) is 4.10. The maximum absolute atomic E-state index is 12.4. The van der Waals surface area contributed by atoms with Gasteiger partial charge in [-0.05, 0) is 31.2 Å².